The molecular weight excluding hydrogens is 405 g/mol. The maximum Gasteiger partial charge on any atom is 0.230 e. The fourth-order valence-corrected chi connectivity index (χ4v) is 3.00. The quantitative estimate of drug-likeness (QED) is 0.429. The third-order valence-electron chi connectivity index (χ3n) is 3.65. The number of nitrogens with two attached hydrogens (primary N) is 1. The van der Waals surface area contributed by atoms with Crippen LogP contribution in [-0.4, -0.2) is 26.5 Å². The zero-order valence-electron chi connectivity index (χ0n) is 14.6. The molecule has 0 spiro atoms. The van der Waals surface area contributed by atoms with Crippen molar-refractivity contribution in [3.63, 3.8) is 0 Å². The number of nitrogens with zero attached hydrogens (tertiary/aromatic N) is 3. The van der Waals surface area contributed by atoms with E-state index in [1.165, 1.54) is 28.9 Å². The summed E-state index contributed by atoms with van der Waals surface area (Å²) in [6, 6.07) is 12.8. The second-order valence-corrected chi connectivity index (χ2v) is 7.08. The number of hydrogen-bond donors (Lipinski definition) is 2. The Morgan fingerprint density at radius 2 is 1.89 bits per heavy atom. The van der Waals surface area contributed by atoms with Crippen molar-refractivity contribution >= 4 is 29.3 Å². The SMILES string of the molecule is Nn1c(COc2ccc(F)cc2)nnc1SCC(=O)NCc1ccc(Cl)cc1. The molecule has 0 bridgehead atoms. The van der Waals surface area contributed by atoms with Crippen molar-refractivity contribution in [2.75, 3.05) is 11.6 Å². The Balaban J connectivity index is 1.46. The summed E-state index contributed by atoms with van der Waals surface area (Å²) in [5, 5.41) is 11.8. The topological polar surface area (TPSA) is 95.1 Å². The van der Waals surface area contributed by atoms with Crippen LogP contribution in [0.4, 0.5) is 4.39 Å². The molecular formula is C18H17ClFN5O2S. The molecule has 2 aromatic carbocycles. The summed E-state index contributed by atoms with van der Waals surface area (Å²) >= 11 is 6.99. The number of rotatable bonds is 8. The van der Waals surface area contributed by atoms with E-state index in [4.69, 9.17) is 22.2 Å². The summed E-state index contributed by atoms with van der Waals surface area (Å²) in [6.07, 6.45) is 0. The molecule has 0 aliphatic rings. The molecule has 10 heteroatoms. The molecule has 1 aromatic heterocycles. The van der Waals surface area contributed by atoms with Gasteiger partial charge in [-0.15, -0.1) is 10.2 Å². The second-order valence-electron chi connectivity index (χ2n) is 5.70. The molecule has 0 atom stereocenters. The van der Waals surface area contributed by atoms with Crippen LogP contribution in [-0.2, 0) is 17.9 Å². The first-order valence-corrected chi connectivity index (χ1v) is 9.59. The van der Waals surface area contributed by atoms with Crippen molar-refractivity contribution in [1.29, 1.82) is 0 Å². The molecule has 0 aliphatic carbocycles. The molecule has 0 saturated heterocycles. The zero-order chi connectivity index (χ0) is 19.9. The minimum absolute atomic E-state index is 0.0679. The van der Waals surface area contributed by atoms with Gasteiger partial charge in [-0.1, -0.05) is 35.5 Å². The average molecular weight is 422 g/mol. The lowest BCUT2D eigenvalue weighted by Crippen LogP contribution is -2.25. The molecule has 0 radical (unpaired) electrons. The van der Waals surface area contributed by atoms with Crippen LogP contribution in [0, 0.1) is 5.82 Å². The van der Waals surface area contributed by atoms with E-state index in [0.717, 1.165) is 17.3 Å². The Hall–Kier alpha value is -2.78. The third-order valence-corrected chi connectivity index (χ3v) is 4.85. The Bertz CT molecular complexity index is 934. The molecule has 0 fully saturated rings. The van der Waals surface area contributed by atoms with Gasteiger partial charge in [0.15, 0.2) is 5.82 Å². The van der Waals surface area contributed by atoms with Gasteiger partial charge in [-0.25, -0.2) is 9.07 Å². The molecule has 1 amide bonds. The van der Waals surface area contributed by atoms with Crippen LogP contribution in [0.1, 0.15) is 11.4 Å². The maximum atomic E-state index is 12.9. The van der Waals surface area contributed by atoms with Gasteiger partial charge in [0.2, 0.25) is 11.1 Å². The normalized spacial score (nSPS) is 10.6. The number of ether oxygens (including phenoxy) is 1. The number of benzene rings is 2. The van der Waals surface area contributed by atoms with Gasteiger partial charge in [0.25, 0.3) is 0 Å². The van der Waals surface area contributed by atoms with Gasteiger partial charge in [0.05, 0.1) is 5.75 Å². The van der Waals surface area contributed by atoms with Crippen molar-refractivity contribution in [2.24, 2.45) is 0 Å². The first-order valence-electron chi connectivity index (χ1n) is 8.23. The number of nitrogens with one attached hydrogen (secondary N) is 1. The molecule has 3 rings (SSSR count). The van der Waals surface area contributed by atoms with E-state index in [2.05, 4.69) is 15.5 Å². The highest BCUT2D eigenvalue weighted by molar-refractivity contribution is 7.99. The lowest BCUT2D eigenvalue weighted by molar-refractivity contribution is -0.118. The van der Waals surface area contributed by atoms with E-state index in [1.54, 1.807) is 12.1 Å². The molecule has 7 nitrogen and oxygen atoms in total. The van der Waals surface area contributed by atoms with Crippen molar-refractivity contribution < 1.29 is 13.9 Å². The molecule has 0 saturated carbocycles. The molecule has 0 aliphatic heterocycles. The lowest BCUT2D eigenvalue weighted by atomic mass is 10.2. The van der Waals surface area contributed by atoms with Gasteiger partial charge in [0.1, 0.15) is 18.2 Å². The molecule has 146 valence electrons. The van der Waals surface area contributed by atoms with Crippen LogP contribution in [0.2, 0.25) is 5.02 Å². The van der Waals surface area contributed by atoms with Crippen LogP contribution >= 0.6 is 23.4 Å². The number of thioether (sulfide) groups is 1. The highest BCUT2D eigenvalue weighted by atomic mass is 35.5. The van der Waals surface area contributed by atoms with Gasteiger partial charge in [-0.2, -0.15) is 0 Å². The Kier molecular flexibility index (Phi) is 6.72. The van der Waals surface area contributed by atoms with E-state index < -0.39 is 0 Å². The average Bonchev–Trinajstić information content (AvgIpc) is 3.05. The fourth-order valence-electron chi connectivity index (χ4n) is 2.17. The zero-order valence-corrected chi connectivity index (χ0v) is 16.2. The van der Waals surface area contributed by atoms with Crippen LogP contribution in [0.25, 0.3) is 0 Å². The van der Waals surface area contributed by atoms with E-state index in [9.17, 15) is 9.18 Å². The Morgan fingerprint density at radius 3 is 2.61 bits per heavy atom. The Morgan fingerprint density at radius 1 is 1.18 bits per heavy atom. The number of aromatic nitrogens is 3. The number of halogens is 2. The van der Waals surface area contributed by atoms with Gasteiger partial charge < -0.3 is 15.9 Å². The van der Waals surface area contributed by atoms with Crippen LogP contribution in [0.5, 0.6) is 5.75 Å². The van der Waals surface area contributed by atoms with Crippen LogP contribution in [0.15, 0.2) is 53.7 Å². The summed E-state index contributed by atoms with van der Waals surface area (Å²) in [6.45, 7) is 0.473. The van der Waals surface area contributed by atoms with Crippen molar-refractivity contribution in [3.05, 3.63) is 70.8 Å². The number of nitrogen functional groups attached to an aromatic ring is 1. The first-order chi connectivity index (χ1) is 13.5. The monoisotopic (exact) mass is 421 g/mol. The maximum absolute atomic E-state index is 12.9. The van der Waals surface area contributed by atoms with E-state index >= 15 is 0 Å². The minimum Gasteiger partial charge on any atom is -0.486 e. The third kappa shape index (κ3) is 5.61. The van der Waals surface area contributed by atoms with Crippen molar-refractivity contribution in [1.82, 2.24) is 20.2 Å². The standard InChI is InChI=1S/C18H17ClFN5O2S/c19-13-3-1-12(2-4-13)9-22-17(26)11-28-18-24-23-16(25(18)21)10-27-15-7-5-14(20)6-8-15/h1-8H,9-11,21H2,(H,22,26). The first kappa shape index (κ1) is 20.0. The van der Waals surface area contributed by atoms with Gasteiger partial charge in [0, 0.05) is 11.6 Å². The smallest absolute Gasteiger partial charge is 0.230 e. The van der Waals surface area contributed by atoms with E-state index in [1.807, 2.05) is 12.1 Å². The molecule has 28 heavy (non-hydrogen) atoms. The van der Waals surface area contributed by atoms with Crippen LogP contribution < -0.4 is 15.9 Å². The summed E-state index contributed by atoms with van der Waals surface area (Å²) < 4.78 is 19.7. The summed E-state index contributed by atoms with van der Waals surface area (Å²) in [7, 11) is 0. The number of hydrogen-bond acceptors (Lipinski definition) is 6. The number of amides is 1. The number of carbonyl (C=O) groups excluding carboxylic acids is 1. The summed E-state index contributed by atoms with van der Waals surface area (Å²) in [5.74, 6) is 6.45. The lowest BCUT2D eigenvalue weighted by Gasteiger charge is -2.07. The Labute approximate surface area is 170 Å². The second kappa shape index (κ2) is 9.43. The van der Waals surface area contributed by atoms with Crippen molar-refractivity contribution in [3.8, 4) is 5.75 Å². The highest BCUT2D eigenvalue weighted by Gasteiger charge is 2.13. The van der Waals surface area contributed by atoms with Gasteiger partial charge >= 0.3 is 0 Å². The molecule has 0 unspecified atom stereocenters. The van der Waals surface area contributed by atoms with Crippen LogP contribution in [0.3, 0.4) is 0 Å². The van der Waals surface area contributed by atoms with Crippen molar-refractivity contribution in [2.45, 2.75) is 18.3 Å². The minimum atomic E-state index is -0.345. The van der Waals surface area contributed by atoms with E-state index in [0.29, 0.717) is 28.3 Å². The molecule has 1 heterocycles. The summed E-state index contributed by atoms with van der Waals surface area (Å²) in [5.41, 5.74) is 0.949. The fraction of sp³-hybridized carbons (Fsp3) is 0.167. The largest absolute Gasteiger partial charge is 0.486 e. The highest BCUT2D eigenvalue weighted by Crippen LogP contribution is 2.17. The van der Waals surface area contributed by atoms with Gasteiger partial charge in [-0.05, 0) is 42.0 Å². The molecule has 3 aromatic rings. The predicted octanol–water partition coefficient (Wildman–Crippen LogP) is 2.77. The number of carbonyl (C=O) groups is 1. The molecule has 3 N–H and O–H groups in total. The summed E-state index contributed by atoms with van der Waals surface area (Å²) in [4.78, 5) is 12.0. The van der Waals surface area contributed by atoms with Gasteiger partial charge in [-0.3, -0.25) is 4.79 Å². The van der Waals surface area contributed by atoms with E-state index in [-0.39, 0.29) is 24.1 Å². The predicted molar refractivity (Wildman–Crippen MR) is 105 cm³/mol.